The predicted molar refractivity (Wildman–Crippen MR) is 182 cm³/mol. The van der Waals surface area contributed by atoms with Crippen LogP contribution >= 0.6 is 0 Å². The Morgan fingerprint density at radius 2 is 1.04 bits per heavy atom. The molecule has 4 amide bonds. The van der Waals surface area contributed by atoms with Gasteiger partial charge in [0.15, 0.2) is 5.82 Å². The fourth-order valence-electron chi connectivity index (χ4n) is 3.78. The van der Waals surface area contributed by atoms with E-state index in [1.165, 1.54) is 6.20 Å². The first-order chi connectivity index (χ1) is 21.5. The van der Waals surface area contributed by atoms with Crippen molar-refractivity contribution in [1.29, 1.82) is 0 Å². The van der Waals surface area contributed by atoms with Crippen molar-refractivity contribution in [3.8, 4) is 5.88 Å². The molecule has 0 saturated carbocycles. The Kier molecular flexibility index (Phi) is 11.5. The van der Waals surface area contributed by atoms with Crippen LogP contribution in [-0.4, -0.2) is 67.3 Å². The van der Waals surface area contributed by atoms with Crippen LogP contribution in [-0.2, 0) is 25.4 Å². The lowest BCUT2D eigenvalue weighted by Crippen LogP contribution is -2.45. The largest absolute Gasteiger partial charge is 0.471 e. The molecule has 0 atom stereocenters. The third-order valence-electron chi connectivity index (χ3n) is 5.22. The Balaban J connectivity index is 3.16. The highest BCUT2D eigenvalue weighted by Gasteiger charge is 2.39. The fraction of sp³-hybridized carbons (Fsp3) is 0.618. The SMILES string of the molecule is C=CCc1cnc(N(C(=O)OC(C)(C)C)C(=O)OC(C)(C)C)c2c(OC(C)(C)C)nc(N(C(=O)OC(C)(C)C)C(=O)OC(C)(C)C)nc12. The van der Waals surface area contributed by atoms with Crippen LogP contribution in [0.15, 0.2) is 18.9 Å². The summed E-state index contributed by atoms with van der Waals surface area (Å²) in [5.74, 6) is -0.938. The Bertz CT molecular complexity index is 1500. The molecule has 0 unspecified atom stereocenters. The number of hydrogen-bond acceptors (Lipinski definition) is 12. The number of anilines is 2. The molecule has 0 fully saturated rings. The van der Waals surface area contributed by atoms with E-state index in [9.17, 15) is 19.2 Å². The smallest absolute Gasteiger partial charge is 0.427 e. The van der Waals surface area contributed by atoms with Crippen molar-refractivity contribution in [3.63, 3.8) is 0 Å². The molecule has 0 aliphatic carbocycles. The number of carbonyl (C=O) groups excluding carboxylic acids is 4. The van der Waals surface area contributed by atoms with Gasteiger partial charge in [-0.05, 0) is 110 Å². The second-order valence-corrected chi connectivity index (χ2v) is 16.0. The number of ether oxygens (including phenoxy) is 5. The quantitative estimate of drug-likeness (QED) is 0.221. The number of imide groups is 2. The Morgan fingerprint density at radius 3 is 1.40 bits per heavy atom. The number of carbonyl (C=O) groups is 4. The molecule has 0 bridgehead atoms. The van der Waals surface area contributed by atoms with Crippen LogP contribution < -0.4 is 14.5 Å². The number of rotatable bonds is 5. The van der Waals surface area contributed by atoms with E-state index in [4.69, 9.17) is 23.7 Å². The molecule has 266 valence electrons. The topological polar surface area (TPSA) is 160 Å². The minimum absolute atomic E-state index is 0.00179. The lowest BCUT2D eigenvalue weighted by molar-refractivity contribution is 0.0406. The average molecular weight is 674 g/mol. The summed E-state index contributed by atoms with van der Waals surface area (Å²) >= 11 is 0. The molecule has 2 aromatic heterocycles. The standard InChI is InChI=1S/C34H51N5O9/c1-17-18-20-19-35-23(38(26(40)45-31(5,6)7)27(41)46-32(8,9)10)21-22(20)36-25(37-24(21)44-30(2,3)4)39(28(42)47-33(11,12)13)29(43)48-34(14,15)16/h17,19H,1,18H2,2-16H3. The molecule has 14 nitrogen and oxygen atoms in total. The molecule has 0 aliphatic heterocycles. The van der Waals surface area contributed by atoms with Crippen molar-refractivity contribution in [3.05, 3.63) is 24.4 Å². The van der Waals surface area contributed by atoms with E-state index in [2.05, 4.69) is 21.5 Å². The number of pyridine rings is 1. The second kappa shape index (κ2) is 13.9. The van der Waals surface area contributed by atoms with Gasteiger partial charge in [-0.25, -0.2) is 29.1 Å². The van der Waals surface area contributed by atoms with Gasteiger partial charge in [-0.3, -0.25) is 0 Å². The number of amides is 4. The van der Waals surface area contributed by atoms with Gasteiger partial charge in [-0.1, -0.05) is 6.08 Å². The number of aromatic nitrogens is 3. The van der Waals surface area contributed by atoms with Gasteiger partial charge in [0, 0.05) is 11.8 Å². The van der Waals surface area contributed by atoms with Crippen molar-refractivity contribution in [2.24, 2.45) is 0 Å². The summed E-state index contributed by atoms with van der Waals surface area (Å²) < 4.78 is 28.5. The highest BCUT2D eigenvalue weighted by molar-refractivity contribution is 6.15. The lowest BCUT2D eigenvalue weighted by atomic mass is 10.1. The molecule has 0 aromatic carbocycles. The van der Waals surface area contributed by atoms with Gasteiger partial charge in [-0.15, -0.1) is 11.5 Å². The second-order valence-electron chi connectivity index (χ2n) is 16.0. The van der Waals surface area contributed by atoms with Crippen LogP contribution in [0.3, 0.4) is 0 Å². The molecular weight excluding hydrogens is 622 g/mol. The molecule has 0 saturated heterocycles. The van der Waals surface area contributed by atoms with Crippen LogP contribution in [0.5, 0.6) is 5.88 Å². The molecule has 0 spiro atoms. The molecule has 2 heterocycles. The van der Waals surface area contributed by atoms with Crippen molar-refractivity contribution in [2.75, 3.05) is 9.80 Å². The molecular formula is C34H51N5O9. The highest BCUT2D eigenvalue weighted by Crippen LogP contribution is 2.38. The third kappa shape index (κ3) is 11.6. The highest BCUT2D eigenvalue weighted by atomic mass is 16.6. The number of allylic oxidation sites excluding steroid dienone is 1. The molecule has 14 heteroatoms. The summed E-state index contributed by atoms with van der Waals surface area (Å²) in [5.41, 5.74) is -4.45. The van der Waals surface area contributed by atoms with Gasteiger partial charge in [0.25, 0.3) is 0 Å². The van der Waals surface area contributed by atoms with Crippen molar-refractivity contribution < 1.29 is 42.9 Å². The summed E-state index contributed by atoms with van der Waals surface area (Å²) in [6.07, 6.45) is -1.23. The van der Waals surface area contributed by atoms with E-state index >= 15 is 0 Å². The van der Waals surface area contributed by atoms with E-state index < -0.39 is 58.3 Å². The number of fused-ring (bicyclic) bond motifs is 1. The number of hydrogen-bond donors (Lipinski definition) is 0. The minimum atomic E-state index is -1.11. The zero-order valence-corrected chi connectivity index (χ0v) is 31.0. The molecule has 0 radical (unpaired) electrons. The van der Waals surface area contributed by atoms with Gasteiger partial charge >= 0.3 is 24.4 Å². The molecule has 0 aliphatic rings. The maximum Gasteiger partial charge on any atom is 0.427 e. The summed E-state index contributed by atoms with van der Waals surface area (Å²) in [6, 6.07) is 0. The summed E-state index contributed by atoms with van der Waals surface area (Å²) in [4.78, 5) is 69.3. The fourth-order valence-corrected chi connectivity index (χ4v) is 3.78. The van der Waals surface area contributed by atoms with E-state index in [0.29, 0.717) is 15.4 Å². The van der Waals surface area contributed by atoms with E-state index in [0.717, 1.165) is 0 Å². The first kappa shape index (κ1) is 39.7. The van der Waals surface area contributed by atoms with Gasteiger partial charge in [0.2, 0.25) is 11.8 Å². The first-order valence-electron chi connectivity index (χ1n) is 15.5. The van der Waals surface area contributed by atoms with E-state index in [1.54, 1.807) is 110 Å². The Morgan fingerprint density at radius 1 is 0.646 bits per heavy atom. The Labute approximate surface area is 283 Å². The zero-order valence-electron chi connectivity index (χ0n) is 31.0. The van der Waals surface area contributed by atoms with E-state index in [-0.39, 0.29) is 29.0 Å². The molecule has 48 heavy (non-hydrogen) atoms. The summed E-state index contributed by atoms with van der Waals surface area (Å²) in [6.45, 7) is 28.7. The van der Waals surface area contributed by atoms with Crippen LogP contribution in [0.2, 0.25) is 0 Å². The monoisotopic (exact) mass is 673 g/mol. The summed E-state index contributed by atoms with van der Waals surface area (Å²) in [7, 11) is 0. The van der Waals surface area contributed by atoms with Crippen LogP contribution in [0, 0.1) is 0 Å². The van der Waals surface area contributed by atoms with Crippen molar-refractivity contribution in [2.45, 2.75) is 138 Å². The number of nitrogens with zero attached hydrogens (tertiary/aromatic N) is 5. The van der Waals surface area contributed by atoms with Gasteiger partial charge in [0.1, 0.15) is 33.4 Å². The normalized spacial score (nSPS) is 12.6. The third-order valence-corrected chi connectivity index (χ3v) is 5.22. The van der Waals surface area contributed by atoms with Crippen LogP contribution in [0.25, 0.3) is 10.9 Å². The van der Waals surface area contributed by atoms with Gasteiger partial charge in [0.05, 0.1) is 5.52 Å². The van der Waals surface area contributed by atoms with Gasteiger partial charge in [-0.2, -0.15) is 9.88 Å². The zero-order chi connectivity index (χ0) is 37.2. The van der Waals surface area contributed by atoms with Crippen molar-refractivity contribution >= 4 is 47.0 Å². The van der Waals surface area contributed by atoms with Gasteiger partial charge < -0.3 is 23.7 Å². The summed E-state index contributed by atoms with van der Waals surface area (Å²) in [5, 5.41) is -0.00179. The maximum absolute atomic E-state index is 13.7. The predicted octanol–water partition coefficient (Wildman–Crippen LogP) is 8.28. The Hall–Kier alpha value is -4.49. The van der Waals surface area contributed by atoms with Crippen LogP contribution in [0.4, 0.5) is 30.9 Å². The van der Waals surface area contributed by atoms with E-state index in [1.807, 2.05) is 0 Å². The first-order valence-corrected chi connectivity index (χ1v) is 15.5. The minimum Gasteiger partial charge on any atom is -0.471 e. The van der Waals surface area contributed by atoms with Crippen LogP contribution in [0.1, 0.15) is 109 Å². The average Bonchev–Trinajstić information content (AvgIpc) is 2.80. The van der Waals surface area contributed by atoms with Crippen molar-refractivity contribution in [1.82, 2.24) is 15.0 Å². The molecule has 2 rings (SSSR count). The lowest BCUT2D eigenvalue weighted by Gasteiger charge is -2.30. The molecule has 0 N–H and O–H groups in total. The maximum atomic E-state index is 13.7. The molecule has 2 aromatic rings.